The predicted molar refractivity (Wildman–Crippen MR) is 50.8 cm³/mol. The molecule has 0 aromatic heterocycles. The third-order valence-corrected chi connectivity index (χ3v) is 2.23. The van der Waals surface area contributed by atoms with Crippen LogP contribution < -0.4 is 10.4 Å². The number of carboxylic acids is 1. The number of carbonyl (C=O) groups is 1. The first kappa shape index (κ1) is 8.05. The maximum Gasteiger partial charge on any atom is 0.335 e. The van der Waals surface area contributed by atoms with E-state index in [4.69, 9.17) is 5.11 Å². The van der Waals surface area contributed by atoms with Crippen molar-refractivity contribution in [2.75, 3.05) is 0 Å². The highest BCUT2D eigenvalue weighted by Gasteiger charge is 2.02. The summed E-state index contributed by atoms with van der Waals surface area (Å²) in [6.45, 7) is 0. The normalized spacial score (nSPS) is 13.8. The van der Waals surface area contributed by atoms with Gasteiger partial charge in [-0.25, -0.2) is 4.79 Å². The fourth-order valence-corrected chi connectivity index (χ4v) is 1.55. The molecule has 2 nitrogen and oxygen atoms in total. The van der Waals surface area contributed by atoms with Crippen LogP contribution in [0.4, 0.5) is 0 Å². The predicted octanol–water partition coefficient (Wildman–Crippen LogP) is 0.740. The summed E-state index contributed by atoms with van der Waals surface area (Å²) in [5.74, 6) is -0.859. The molecular weight excluding hydrogens is 164 g/mol. The molecule has 0 saturated heterocycles. The molecule has 0 aliphatic heterocycles. The highest BCUT2D eigenvalue weighted by atomic mass is 16.4. The number of aromatic carboxylic acids is 1. The second-order valence-corrected chi connectivity index (χ2v) is 3.13. The van der Waals surface area contributed by atoms with Crippen molar-refractivity contribution >= 4 is 18.1 Å². The van der Waals surface area contributed by atoms with E-state index < -0.39 is 5.97 Å². The van der Waals surface area contributed by atoms with E-state index in [0.29, 0.717) is 5.56 Å². The van der Waals surface area contributed by atoms with E-state index in [-0.39, 0.29) is 0 Å². The summed E-state index contributed by atoms with van der Waals surface area (Å²) in [6.07, 6.45) is 6.29. The minimum absolute atomic E-state index is 0.366. The van der Waals surface area contributed by atoms with E-state index in [1.165, 1.54) is 0 Å². The molecule has 2 rings (SSSR count). The molecule has 0 atom stereocenters. The van der Waals surface area contributed by atoms with Crippen molar-refractivity contribution < 1.29 is 9.90 Å². The zero-order chi connectivity index (χ0) is 9.26. The van der Waals surface area contributed by atoms with Gasteiger partial charge < -0.3 is 5.11 Å². The Hall–Kier alpha value is -1.57. The Morgan fingerprint density at radius 2 is 1.85 bits per heavy atom. The minimum Gasteiger partial charge on any atom is -0.478 e. The Balaban J connectivity index is 2.67. The van der Waals surface area contributed by atoms with Crippen molar-refractivity contribution in [2.24, 2.45) is 0 Å². The van der Waals surface area contributed by atoms with Gasteiger partial charge in [0.15, 0.2) is 0 Å². The molecule has 1 aliphatic rings. The molecule has 1 aromatic rings. The Kier molecular flexibility index (Phi) is 1.89. The van der Waals surface area contributed by atoms with Crippen LogP contribution >= 0.6 is 0 Å². The van der Waals surface area contributed by atoms with Gasteiger partial charge in [0.25, 0.3) is 0 Å². The SMILES string of the molecule is O=C(O)c1ccc2c(c1)=CCCC=2. The van der Waals surface area contributed by atoms with E-state index in [9.17, 15) is 4.79 Å². The molecule has 13 heavy (non-hydrogen) atoms. The summed E-state index contributed by atoms with van der Waals surface area (Å²) in [5.41, 5.74) is 0.366. The molecule has 0 radical (unpaired) electrons. The molecule has 0 fully saturated rings. The Morgan fingerprint density at radius 3 is 2.54 bits per heavy atom. The first-order valence-corrected chi connectivity index (χ1v) is 4.31. The number of fused-ring (bicyclic) bond motifs is 1. The van der Waals surface area contributed by atoms with E-state index in [1.807, 2.05) is 6.07 Å². The smallest absolute Gasteiger partial charge is 0.335 e. The summed E-state index contributed by atoms with van der Waals surface area (Å²) < 4.78 is 0. The minimum atomic E-state index is -0.859. The van der Waals surface area contributed by atoms with Gasteiger partial charge in [-0.05, 0) is 35.4 Å². The van der Waals surface area contributed by atoms with Crippen molar-refractivity contribution in [2.45, 2.75) is 12.8 Å². The summed E-state index contributed by atoms with van der Waals surface area (Å²) in [7, 11) is 0. The third-order valence-electron chi connectivity index (χ3n) is 2.23. The Labute approximate surface area is 75.8 Å². The van der Waals surface area contributed by atoms with Gasteiger partial charge in [-0.1, -0.05) is 18.2 Å². The molecule has 66 valence electrons. The molecule has 0 saturated carbocycles. The second-order valence-electron chi connectivity index (χ2n) is 3.13. The summed E-state index contributed by atoms with van der Waals surface area (Å²) in [6, 6.07) is 5.25. The van der Waals surface area contributed by atoms with E-state index in [1.54, 1.807) is 12.1 Å². The number of benzene rings is 1. The van der Waals surface area contributed by atoms with Crippen LogP contribution in [0.15, 0.2) is 18.2 Å². The number of hydrogen-bond donors (Lipinski definition) is 1. The lowest BCUT2D eigenvalue weighted by Crippen LogP contribution is -2.27. The fraction of sp³-hybridized carbons (Fsp3) is 0.182. The lowest BCUT2D eigenvalue weighted by Gasteiger charge is -2.00. The average molecular weight is 174 g/mol. The van der Waals surface area contributed by atoms with Gasteiger partial charge in [-0.15, -0.1) is 0 Å². The molecule has 0 amide bonds. The van der Waals surface area contributed by atoms with Crippen molar-refractivity contribution in [3.8, 4) is 0 Å². The van der Waals surface area contributed by atoms with Crippen LogP contribution in [0.2, 0.25) is 0 Å². The number of hydrogen-bond acceptors (Lipinski definition) is 1. The number of carboxylic acid groups (broad SMARTS) is 1. The molecular formula is C11H10O2. The zero-order valence-electron chi connectivity index (χ0n) is 7.16. The summed E-state index contributed by atoms with van der Waals surface area (Å²) in [5, 5.41) is 11.0. The second kappa shape index (κ2) is 3.05. The van der Waals surface area contributed by atoms with Crippen molar-refractivity contribution in [1.82, 2.24) is 0 Å². The van der Waals surface area contributed by atoms with Crippen molar-refractivity contribution in [3.63, 3.8) is 0 Å². The molecule has 2 heteroatoms. The van der Waals surface area contributed by atoms with Crippen LogP contribution in [-0.4, -0.2) is 11.1 Å². The molecule has 0 heterocycles. The van der Waals surface area contributed by atoms with Crippen LogP contribution in [0.25, 0.3) is 12.2 Å². The molecule has 1 N–H and O–H groups in total. The Bertz CT molecular complexity index is 457. The summed E-state index contributed by atoms with van der Waals surface area (Å²) >= 11 is 0. The fourth-order valence-electron chi connectivity index (χ4n) is 1.55. The first-order chi connectivity index (χ1) is 6.27. The Morgan fingerprint density at radius 1 is 1.15 bits per heavy atom. The lowest BCUT2D eigenvalue weighted by atomic mass is 10.1. The van der Waals surface area contributed by atoms with Crippen LogP contribution in [0, 0.1) is 0 Å². The maximum absolute atomic E-state index is 10.7. The molecule has 0 spiro atoms. The van der Waals surface area contributed by atoms with E-state index >= 15 is 0 Å². The molecule has 0 unspecified atom stereocenters. The zero-order valence-corrected chi connectivity index (χ0v) is 7.16. The average Bonchev–Trinajstić information content (AvgIpc) is 2.17. The van der Waals surface area contributed by atoms with Gasteiger partial charge in [-0.2, -0.15) is 0 Å². The summed E-state index contributed by atoms with van der Waals surface area (Å²) in [4.78, 5) is 10.7. The monoisotopic (exact) mass is 174 g/mol. The molecule has 1 aliphatic carbocycles. The van der Waals surface area contributed by atoms with Gasteiger partial charge >= 0.3 is 5.97 Å². The van der Waals surface area contributed by atoms with Crippen molar-refractivity contribution in [1.29, 1.82) is 0 Å². The van der Waals surface area contributed by atoms with Crippen LogP contribution in [0.5, 0.6) is 0 Å². The van der Waals surface area contributed by atoms with Crippen molar-refractivity contribution in [3.05, 3.63) is 34.2 Å². The molecule has 0 bridgehead atoms. The van der Waals surface area contributed by atoms with Gasteiger partial charge in [-0.3, -0.25) is 0 Å². The van der Waals surface area contributed by atoms with Crippen LogP contribution in [-0.2, 0) is 0 Å². The maximum atomic E-state index is 10.7. The highest BCUT2D eigenvalue weighted by Crippen LogP contribution is 1.97. The quantitative estimate of drug-likeness (QED) is 0.681. The van der Waals surface area contributed by atoms with Gasteiger partial charge in [0.05, 0.1) is 5.56 Å². The van der Waals surface area contributed by atoms with Gasteiger partial charge in [0.2, 0.25) is 0 Å². The van der Waals surface area contributed by atoms with Gasteiger partial charge in [0.1, 0.15) is 0 Å². The van der Waals surface area contributed by atoms with Crippen LogP contribution in [0.1, 0.15) is 23.2 Å². The molecule has 1 aromatic carbocycles. The van der Waals surface area contributed by atoms with E-state index in [2.05, 4.69) is 12.2 Å². The highest BCUT2D eigenvalue weighted by molar-refractivity contribution is 5.87. The van der Waals surface area contributed by atoms with Crippen LogP contribution in [0.3, 0.4) is 0 Å². The largest absolute Gasteiger partial charge is 0.478 e. The number of rotatable bonds is 1. The van der Waals surface area contributed by atoms with E-state index in [0.717, 1.165) is 23.3 Å². The first-order valence-electron chi connectivity index (χ1n) is 4.31. The third kappa shape index (κ3) is 1.47. The standard InChI is InChI=1S/C11H10O2/c12-11(13)10-6-5-8-3-1-2-4-9(8)7-10/h3-7H,1-2H2,(H,12,13). The lowest BCUT2D eigenvalue weighted by molar-refractivity contribution is 0.0697. The van der Waals surface area contributed by atoms with Gasteiger partial charge in [0, 0.05) is 0 Å². The topological polar surface area (TPSA) is 37.3 Å².